The molecule has 62 valence electrons. The van der Waals surface area contributed by atoms with E-state index in [1.807, 2.05) is 27.1 Å². The van der Waals surface area contributed by atoms with Crippen LogP contribution in [0.1, 0.15) is 6.92 Å². The third-order valence-corrected chi connectivity index (χ3v) is 1.08. The van der Waals surface area contributed by atoms with Gasteiger partial charge in [-0.2, -0.15) is 0 Å². The van der Waals surface area contributed by atoms with Crippen molar-refractivity contribution in [2.75, 3.05) is 20.6 Å². The molecule has 0 aromatic rings. The lowest BCUT2D eigenvalue weighted by Gasteiger charge is -2.08. The van der Waals surface area contributed by atoms with Gasteiger partial charge in [0.05, 0.1) is 5.70 Å². The predicted octanol–water partition coefficient (Wildman–Crippen LogP) is 1.71. The molecule has 0 amide bonds. The number of rotatable bonds is 4. The SMILES string of the molecule is C=C/C=C(/CN(C)C)N=CC. The van der Waals surface area contributed by atoms with Crippen molar-refractivity contribution >= 4 is 6.21 Å². The van der Waals surface area contributed by atoms with Crippen molar-refractivity contribution in [3.8, 4) is 0 Å². The fourth-order valence-electron chi connectivity index (χ4n) is 0.762. The maximum absolute atomic E-state index is 4.18. The Bertz CT molecular complexity index is 166. The van der Waals surface area contributed by atoms with Gasteiger partial charge < -0.3 is 4.90 Å². The Morgan fingerprint density at radius 3 is 2.55 bits per heavy atom. The van der Waals surface area contributed by atoms with Gasteiger partial charge in [0.15, 0.2) is 0 Å². The van der Waals surface area contributed by atoms with Crippen molar-refractivity contribution in [1.29, 1.82) is 0 Å². The quantitative estimate of drug-likeness (QED) is 0.442. The highest BCUT2D eigenvalue weighted by atomic mass is 15.1. The molecule has 2 nitrogen and oxygen atoms in total. The summed E-state index contributed by atoms with van der Waals surface area (Å²) in [5.74, 6) is 0. The zero-order valence-corrected chi connectivity index (χ0v) is 7.54. The van der Waals surface area contributed by atoms with Gasteiger partial charge in [-0.15, -0.1) is 0 Å². The van der Waals surface area contributed by atoms with Crippen molar-refractivity contribution in [2.45, 2.75) is 6.92 Å². The van der Waals surface area contributed by atoms with E-state index in [9.17, 15) is 0 Å². The van der Waals surface area contributed by atoms with Crippen LogP contribution in [0.25, 0.3) is 0 Å². The molecule has 0 aliphatic heterocycles. The molecular weight excluding hydrogens is 136 g/mol. The summed E-state index contributed by atoms with van der Waals surface area (Å²) in [5.41, 5.74) is 1.03. The first-order valence-electron chi connectivity index (χ1n) is 3.65. The fourth-order valence-corrected chi connectivity index (χ4v) is 0.762. The number of aliphatic imine (C=N–C) groups is 1. The van der Waals surface area contributed by atoms with Crippen LogP contribution >= 0.6 is 0 Å². The van der Waals surface area contributed by atoms with Gasteiger partial charge in [0, 0.05) is 12.8 Å². The molecule has 0 spiro atoms. The van der Waals surface area contributed by atoms with E-state index in [2.05, 4.69) is 16.5 Å². The van der Waals surface area contributed by atoms with E-state index in [0.29, 0.717) is 0 Å². The Morgan fingerprint density at radius 1 is 1.55 bits per heavy atom. The average molecular weight is 152 g/mol. The first-order chi connectivity index (χ1) is 5.20. The molecule has 0 saturated carbocycles. The van der Waals surface area contributed by atoms with Gasteiger partial charge in [0.2, 0.25) is 0 Å². The lowest BCUT2D eigenvalue weighted by molar-refractivity contribution is 0.444. The van der Waals surface area contributed by atoms with Crippen molar-refractivity contribution in [2.24, 2.45) is 4.99 Å². The van der Waals surface area contributed by atoms with Crippen LogP contribution in [0.2, 0.25) is 0 Å². The highest BCUT2D eigenvalue weighted by molar-refractivity contribution is 5.55. The molecule has 0 rings (SSSR count). The molecule has 0 aliphatic carbocycles. The van der Waals surface area contributed by atoms with Gasteiger partial charge in [-0.3, -0.25) is 4.99 Å². The topological polar surface area (TPSA) is 15.6 Å². The van der Waals surface area contributed by atoms with Crippen molar-refractivity contribution in [3.05, 3.63) is 24.4 Å². The lowest BCUT2D eigenvalue weighted by Crippen LogP contribution is -2.14. The molecule has 0 aliphatic rings. The molecule has 0 radical (unpaired) electrons. The molecule has 0 heterocycles. The molecule has 0 saturated heterocycles. The Hall–Kier alpha value is -0.890. The summed E-state index contributed by atoms with van der Waals surface area (Å²) >= 11 is 0. The molecule has 2 heteroatoms. The van der Waals surface area contributed by atoms with E-state index in [0.717, 1.165) is 12.2 Å². The summed E-state index contributed by atoms with van der Waals surface area (Å²) in [4.78, 5) is 6.25. The van der Waals surface area contributed by atoms with Crippen LogP contribution in [0.3, 0.4) is 0 Å². The fraction of sp³-hybridized carbons (Fsp3) is 0.444. The largest absolute Gasteiger partial charge is 0.304 e. The third kappa shape index (κ3) is 5.55. The van der Waals surface area contributed by atoms with Crippen molar-refractivity contribution in [3.63, 3.8) is 0 Å². The number of nitrogens with zero attached hydrogens (tertiary/aromatic N) is 2. The third-order valence-electron chi connectivity index (χ3n) is 1.08. The van der Waals surface area contributed by atoms with Crippen LogP contribution in [-0.2, 0) is 0 Å². The standard InChI is InChI=1S/C9H16N2/c1-5-7-9(10-6-2)8-11(3)4/h5-7H,1,8H2,2-4H3/b9-7-,10-6?. The van der Waals surface area contributed by atoms with Gasteiger partial charge in [-0.05, 0) is 27.1 Å². The number of hydrogen-bond donors (Lipinski definition) is 0. The van der Waals surface area contributed by atoms with E-state index in [1.165, 1.54) is 0 Å². The summed E-state index contributed by atoms with van der Waals surface area (Å²) in [6.45, 7) is 6.39. The minimum absolute atomic E-state index is 0.857. The second-order valence-corrected chi connectivity index (χ2v) is 2.52. The summed E-state index contributed by atoms with van der Waals surface area (Å²) in [7, 11) is 4.03. The second-order valence-electron chi connectivity index (χ2n) is 2.52. The van der Waals surface area contributed by atoms with E-state index >= 15 is 0 Å². The monoisotopic (exact) mass is 152 g/mol. The van der Waals surface area contributed by atoms with Crippen LogP contribution < -0.4 is 0 Å². The summed E-state index contributed by atoms with van der Waals surface area (Å²) in [5, 5.41) is 0. The normalized spacial score (nSPS) is 12.9. The minimum Gasteiger partial charge on any atom is -0.304 e. The van der Waals surface area contributed by atoms with Gasteiger partial charge in [0.25, 0.3) is 0 Å². The van der Waals surface area contributed by atoms with E-state index < -0.39 is 0 Å². The van der Waals surface area contributed by atoms with E-state index in [1.54, 1.807) is 12.3 Å². The summed E-state index contributed by atoms with van der Waals surface area (Å²) < 4.78 is 0. The first kappa shape index (κ1) is 10.1. The molecule has 0 atom stereocenters. The predicted molar refractivity (Wildman–Crippen MR) is 51.0 cm³/mol. The van der Waals surface area contributed by atoms with Gasteiger partial charge in [-0.25, -0.2) is 0 Å². The highest BCUT2D eigenvalue weighted by Gasteiger charge is 1.93. The van der Waals surface area contributed by atoms with Crippen LogP contribution in [0.4, 0.5) is 0 Å². The maximum atomic E-state index is 4.18. The van der Waals surface area contributed by atoms with E-state index in [4.69, 9.17) is 0 Å². The van der Waals surface area contributed by atoms with Gasteiger partial charge in [0.1, 0.15) is 0 Å². The van der Waals surface area contributed by atoms with Crippen LogP contribution in [0, 0.1) is 0 Å². The second kappa shape index (κ2) is 5.86. The van der Waals surface area contributed by atoms with Crippen molar-refractivity contribution < 1.29 is 0 Å². The molecule has 0 aromatic carbocycles. The first-order valence-corrected chi connectivity index (χ1v) is 3.65. The van der Waals surface area contributed by atoms with Crippen LogP contribution in [0.5, 0.6) is 0 Å². The zero-order chi connectivity index (χ0) is 8.69. The Labute approximate surface area is 68.9 Å². The van der Waals surface area contributed by atoms with Gasteiger partial charge in [-0.1, -0.05) is 12.7 Å². The summed E-state index contributed by atoms with van der Waals surface area (Å²) in [6.07, 6.45) is 5.46. The van der Waals surface area contributed by atoms with Crippen LogP contribution in [0.15, 0.2) is 29.4 Å². The molecule has 0 aromatic heterocycles. The molecule has 11 heavy (non-hydrogen) atoms. The maximum Gasteiger partial charge on any atom is 0.0539 e. The molecule has 0 bridgehead atoms. The lowest BCUT2D eigenvalue weighted by atomic mass is 10.4. The van der Waals surface area contributed by atoms with Gasteiger partial charge >= 0.3 is 0 Å². The number of hydrogen-bond acceptors (Lipinski definition) is 2. The highest BCUT2D eigenvalue weighted by Crippen LogP contribution is 1.97. The Balaban J connectivity index is 4.11. The Morgan fingerprint density at radius 2 is 2.18 bits per heavy atom. The molecule has 0 fully saturated rings. The average Bonchev–Trinajstić information content (AvgIpc) is 1.87. The Kier molecular flexibility index (Phi) is 5.39. The molecule has 0 N–H and O–H groups in total. The zero-order valence-electron chi connectivity index (χ0n) is 7.54. The smallest absolute Gasteiger partial charge is 0.0539 e. The minimum atomic E-state index is 0.857. The number of allylic oxidation sites excluding steroid dienone is 2. The van der Waals surface area contributed by atoms with Crippen LogP contribution in [-0.4, -0.2) is 31.8 Å². The summed E-state index contributed by atoms with van der Waals surface area (Å²) in [6, 6.07) is 0. The van der Waals surface area contributed by atoms with E-state index in [-0.39, 0.29) is 0 Å². The number of likely N-dealkylation sites (N-methyl/N-ethyl adjacent to an activating group) is 1. The van der Waals surface area contributed by atoms with Crippen molar-refractivity contribution in [1.82, 2.24) is 4.90 Å². The molecule has 0 unspecified atom stereocenters. The molecular formula is C9H16N2.